The van der Waals surface area contributed by atoms with Gasteiger partial charge in [0.15, 0.2) is 0 Å². The van der Waals surface area contributed by atoms with Crippen LogP contribution in [0.2, 0.25) is 0 Å². The number of hydrogen-bond donors (Lipinski definition) is 2. The van der Waals surface area contributed by atoms with E-state index in [1.54, 1.807) is 36.4 Å². The Morgan fingerprint density at radius 2 is 0.818 bits per heavy atom. The van der Waals surface area contributed by atoms with Crippen LogP contribution in [0.3, 0.4) is 0 Å². The molecule has 0 fully saturated rings. The lowest BCUT2D eigenvalue weighted by Crippen LogP contribution is -2.40. The third-order valence-corrected chi connectivity index (χ3v) is 8.03. The minimum Gasteiger partial charge on any atom is -0.399 e. The van der Waals surface area contributed by atoms with E-state index in [1.807, 2.05) is 6.92 Å². The highest BCUT2D eigenvalue weighted by molar-refractivity contribution is 5.78. The number of ketones is 1. The van der Waals surface area contributed by atoms with E-state index in [4.69, 9.17) is 11.5 Å². The molecule has 4 aromatic carbocycles. The van der Waals surface area contributed by atoms with Crippen LogP contribution in [0.25, 0.3) is 0 Å². The minimum absolute atomic E-state index is 0.0171. The molecular formula is C35H36F6N2O. The van der Waals surface area contributed by atoms with Crippen LogP contribution < -0.4 is 11.5 Å². The number of anilines is 2. The normalized spacial score (nSPS) is 13.4. The van der Waals surface area contributed by atoms with Crippen molar-refractivity contribution in [3.05, 3.63) is 130 Å². The second-order valence-electron chi connectivity index (χ2n) is 11.1. The van der Waals surface area contributed by atoms with Crippen molar-refractivity contribution in [2.75, 3.05) is 11.5 Å². The van der Waals surface area contributed by atoms with E-state index in [2.05, 4.69) is 0 Å². The topological polar surface area (TPSA) is 69.1 Å². The fourth-order valence-corrected chi connectivity index (χ4v) is 4.94. The Bertz CT molecular complexity index is 1480. The van der Waals surface area contributed by atoms with E-state index < -0.39 is 23.2 Å². The molecule has 0 spiro atoms. The smallest absolute Gasteiger partial charge is 0.399 e. The van der Waals surface area contributed by atoms with E-state index in [-0.39, 0.29) is 34.5 Å². The number of rotatable bonds is 7. The minimum atomic E-state index is -4.43. The monoisotopic (exact) mass is 614 g/mol. The summed E-state index contributed by atoms with van der Waals surface area (Å²) in [5.74, 6) is -0.0171. The molecule has 0 saturated carbocycles. The number of aryl methyl sites for hydroxylation is 1. The molecule has 44 heavy (non-hydrogen) atoms. The van der Waals surface area contributed by atoms with Crippen molar-refractivity contribution in [1.29, 1.82) is 0 Å². The maximum atomic E-state index is 13.9. The van der Waals surface area contributed by atoms with E-state index in [9.17, 15) is 31.1 Å². The molecule has 0 bridgehead atoms. The summed E-state index contributed by atoms with van der Waals surface area (Å²) in [5.41, 5.74) is 10.1. The zero-order valence-corrected chi connectivity index (χ0v) is 25.0. The molecule has 0 amide bonds. The second-order valence-corrected chi connectivity index (χ2v) is 11.1. The number of nitrogens with two attached hydrogens (primary N) is 2. The van der Waals surface area contributed by atoms with Gasteiger partial charge in [-0.1, -0.05) is 79.7 Å². The van der Waals surface area contributed by atoms with E-state index in [1.165, 1.54) is 74.5 Å². The van der Waals surface area contributed by atoms with Gasteiger partial charge in [-0.2, -0.15) is 26.3 Å². The number of Topliss-reactive ketones (excluding diaryl/α,β-unsaturated/α-hetero) is 1. The van der Waals surface area contributed by atoms with Crippen molar-refractivity contribution in [2.45, 2.75) is 63.7 Å². The second kappa shape index (κ2) is 13.2. The third-order valence-electron chi connectivity index (χ3n) is 8.03. The number of alkyl halides is 6. The van der Waals surface area contributed by atoms with E-state index in [0.717, 1.165) is 24.5 Å². The summed E-state index contributed by atoms with van der Waals surface area (Å²) in [6.45, 7) is 5.78. The van der Waals surface area contributed by atoms with Crippen LogP contribution in [-0.4, -0.2) is 18.1 Å². The average Bonchev–Trinajstić information content (AvgIpc) is 2.96. The standard InChI is InChI=1S/C20H21F3O.C15H15F3N2/c1-4-15-5-9-17(10-6-15)19(3,20(21,22)23)18-11-7-16(8-12-18)13-14(2)24;1-14(15(16,17)18,10-2-6-12(19)7-3-10)11-4-8-13(20)9-5-11/h5-12H,4,13H2,1-3H3;2-9H,19-20H2,1H3. The molecule has 0 radical (unpaired) electrons. The molecule has 4 N–H and O–H groups in total. The SMILES string of the molecule is CC(c1ccc(N)cc1)(c1ccc(N)cc1)C(F)(F)F.CCc1ccc(C(C)(c2ccc(CC(C)=O)cc2)C(F)(F)F)cc1. The number of hydrogen-bond acceptors (Lipinski definition) is 3. The van der Waals surface area contributed by atoms with Crippen LogP contribution in [-0.2, 0) is 28.5 Å². The lowest BCUT2D eigenvalue weighted by Gasteiger charge is -2.33. The molecule has 0 aromatic heterocycles. The maximum Gasteiger partial charge on any atom is 0.402 e. The first-order chi connectivity index (χ1) is 20.4. The van der Waals surface area contributed by atoms with Gasteiger partial charge in [0.25, 0.3) is 0 Å². The summed E-state index contributed by atoms with van der Waals surface area (Å²) < 4.78 is 82.6. The third kappa shape index (κ3) is 7.26. The first kappa shape index (κ1) is 34.2. The van der Waals surface area contributed by atoms with Crippen LogP contribution in [0.5, 0.6) is 0 Å². The molecule has 1 unspecified atom stereocenters. The Morgan fingerprint density at radius 1 is 0.545 bits per heavy atom. The molecule has 0 saturated heterocycles. The van der Waals surface area contributed by atoms with Gasteiger partial charge in [0.05, 0.1) is 0 Å². The maximum absolute atomic E-state index is 13.9. The summed E-state index contributed by atoms with van der Waals surface area (Å²) in [4.78, 5) is 11.2. The summed E-state index contributed by atoms with van der Waals surface area (Å²) in [7, 11) is 0. The van der Waals surface area contributed by atoms with Gasteiger partial charge < -0.3 is 11.5 Å². The van der Waals surface area contributed by atoms with Crippen molar-refractivity contribution >= 4 is 17.2 Å². The number of halogens is 6. The summed E-state index contributed by atoms with van der Waals surface area (Å²) in [6, 6.07) is 24.2. The van der Waals surface area contributed by atoms with Crippen LogP contribution in [0.15, 0.2) is 97.1 Å². The van der Waals surface area contributed by atoms with Crippen LogP contribution in [0.4, 0.5) is 37.7 Å². The Balaban J connectivity index is 0.000000244. The highest BCUT2D eigenvalue weighted by atomic mass is 19.4. The molecule has 4 rings (SSSR count). The zero-order chi connectivity index (χ0) is 32.9. The van der Waals surface area contributed by atoms with Crippen LogP contribution >= 0.6 is 0 Å². The number of benzene rings is 4. The van der Waals surface area contributed by atoms with E-state index >= 15 is 0 Å². The molecule has 0 heterocycles. The lowest BCUT2D eigenvalue weighted by molar-refractivity contribution is -0.173. The van der Waals surface area contributed by atoms with Crippen LogP contribution in [0, 0.1) is 0 Å². The van der Waals surface area contributed by atoms with Gasteiger partial charge in [-0.15, -0.1) is 0 Å². The predicted molar refractivity (Wildman–Crippen MR) is 163 cm³/mol. The van der Waals surface area contributed by atoms with Crippen molar-refractivity contribution < 1.29 is 31.1 Å². The van der Waals surface area contributed by atoms with Crippen molar-refractivity contribution in [3.63, 3.8) is 0 Å². The zero-order valence-electron chi connectivity index (χ0n) is 25.0. The van der Waals surface area contributed by atoms with Gasteiger partial charge in [0.2, 0.25) is 0 Å². The fourth-order valence-electron chi connectivity index (χ4n) is 4.94. The van der Waals surface area contributed by atoms with Crippen molar-refractivity contribution in [1.82, 2.24) is 0 Å². The first-order valence-electron chi connectivity index (χ1n) is 14.0. The molecule has 4 aromatic rings. The van der Waals surface area contributed by atoms with Crippen molar-refractivity contribution in [3.8, 4) is 0 Å². The highest BCUT2D eigenvalue weighted by Gasteiger charge is 2.54. The van der Waals surface area contributed by atoms with Gasteiger partial charge in [-0.25, -0.2) is 0 Å². The lowest BCUT2D eigenvalue weighted by atomic mass is 9.75. The summed E-state index contributed by atoms with van der Waals surface area (Å²) in [5, 5.41) is 0. The molecule has 234 valence electrons. The van der Waals surface area contributed by atoms with Gasteiger partial charge in [0.1, 0.15) is 16.6 Å². The quantitative estimate of drug-likeness (QED) is 0.161. The van der Waals surface area contributed by atoms with E-state index in [0.29, 0.717) is 11.4 Å². The number of carbonyl (C=O) groups excluding carboxylic acids is 1. The summed E-state index contributed by atoms with van der Waals surface area (Å²) in [6.07, 6.45) is -7.85. The van der Waals surface area contributed by atoms with Gasteiger partial charge in [-0.05, 0) is 84.8 Å². The number of carbonyl (C=O) groups is 1. The molecule has 1 atom stereocenters. The van der Waals surface area contributed by atoms with Gasteiger partial charge in [0, 0.05) is 17.8 Å². The molecule has 0 aliphatic carbocycles. The van der Waals surface area contributed by atoms with Gasteiger partial charge >= 0.3 is 12.4 Å². The predicted octanol–water partition coefficient (Wildman–Crippen LogP) is 8.97. The Hall–Kier alpha value is -4.27. The molecular weight excluding hydrogens is 578 g/mol. The van der Waals surface area contributed by atoms with Gasteiger partial charge in [-0.3, -0.25) is 4.79 Å². The average molecular weight is 615 g/mol. The Labute approximate surface area is 253 Å². The van der Waals surface area contributed by atoms with Crippen LogP contribution in [0.1, 0.15) is 61.1 Å². The molecule has 9 heteroatoms. The van der Waals surface area contributed by atoms with Crippen molar-refractivity contribution in [2.24, 2.45) is 0 Å². The Morgan fingerprint density at radius 3 is 1.07 bits per heavy atom. The highest BCUT2D eigenvalue weighted by Crippen LogP contribution is 2.47. The largest absolute Gasteiger partial charge is 0.402 e. The fraction of sp³-hybridized carbons (Fsp3) is 0.286. The molecule has 0 aliphatic rings. The molecule has 3 nitrogen and oxygen atoms in total. The first-order valence-corrected chi connectivity index (χ1v) is 14.0. The molecule has 0 aliphatic heterocycles. The Kier molecular flexibility index (Phi) is 10.2. The number of nitrogen functional groups attached to an aromatic ring is 2. The summed E-state index contributed by atoms with van der Waals surface area (Å²) >= 11 is 0.